The van der Waals surface area contributed by atoms with Crippen LogP contribution in [0.3, 0.4) is 0 Å². The Kier molecular flexibility index (Phi) is 3.53. The van der Waals surface area contributed by atoms with E-state index >= 15 is 0 Å². The minimum absolute atomic E-state index is 0.0416. The smallest absolute Gasteiger partial charge is 0.228 e. The zero-order chi connectivity index (χ0) is 15.3. The zero-order valence-corrected chi connectivity index (χ0v) is 13.4. The molecule has 1 atom stereocenters. The van der Waals surface area contributed by atoms with Crippen molar-refractivity contribution in [1.82, 2.24) is 0 Å². The molecule has 0 bridgehead atoms. The largest absolute Gasteiger partial charge is 0.325 e. The molecule has 1 saturated carbocycles. The van der Waals surface area contributed by atoms with Gasteiger partial charge in [-0.2, -0.15) is 0 Å². The van der Waals surface area contributed by atoms with E-state index in [9.17, 15) is 13.2 Å². The van der Waals surface area contributed by atoms with Crippen molar-refractivity contribution in [2.24, 2.45) is 11.3 Å². The summed E-state index contributed by atoms with van der Waals surface area (Å²) in [5.41, 5.74) is 1.57. The van der Waals surface area contributed by atoms with Crippen LogP contribution in [-0.2, 0) is 14.6 Å². The third kappa shape index (κ3) is 2.94. The molecule has 1 spiro atoms. The number of nitrogens with one attached hydrogen (secondary N) is 1. The molecule has 4 nitrogen and oxygen atoms in total. The molecule has 114 valence electrons. The van der Waals surface area contributed by atoms with Crippen molar-refractivity contribution in [1.29, 1.82) is 0 Å². The van der Waals surface area contributed by atoms with Crippen molar-refractivity contribution in [2.75, 3.05) is 16.8 Å². The van der Waals surface area contributed by atoms with Gasteiger partial charge in [-0.1, -0.05) is 17.7 Å². The summed E-state index contributed by atoms with van der Waals surface area (Å²) >= 11 is 6.12. The molecule has 1 N–H and O–H groups in total. The average Bonchev–Trinajstić information content (AvgIpc) is 3.12. The first kappa shape index (κ1) is 14.9. The highest BCUT2D eigenvalue weighted by atomic mass is 35.5. The topological polar surface area (TPSA) is 63.2 Å². The van der Waals surface area contributed by atoms with Gasteiger partial charge in [0.2, 0.25) is 5.91 Å². The second kappa shape index (κ2) is 4.99. The fraction of sp³-hybridized carbons (Fsp3) is 0.533. The maximum atomic E-state index is 12.3. The van der Waals surface area contributed by atoms with Crippen LogP contribution in [0.4, 0.5) is 5.69 Å². The summed E-state index contributed by atoms with van der Waals surface area (Å²) in [6.07, 6.45) is 2.00. The van der Waals surface area contributed by atoms with Crippen molar-refractivity contribution in [3.05, 3.63) is 28.8 Å². The lowest BCUT2D eigenvalue weighted by Crippen LogP contribution is -2.28. The normalized spacial score (nSPS) is 25.5. The van der Waals surface area contributed by atoms with E-state index in [1.807, 2.05) is 19.1 Å². The molecule has 0 unspecified atom stereocenters. The first-order chi connectivity index (χ1) is 9.81. The first-order valence-corrected chi connectivity index (χ1v) is 9.29. The second-order valence-electron chi connectivity index (χ2n) is 6.24. The monoisotopic (exact) mass is 327 g/mol. The fourth-order valence-corrected chi connectivity index (χ4v) is 5.08. The summed E-state index contributed by atoms with van der Waals surface area (Å²) in [5, 5.41) is 3.40. The summed E-state index contributed by atoms with van der Waals surface area (Å²) in [5.74, 6) is 0.301. The molecule has 0 radical (unpaired) electrons. The van der Waals surface area contributed by atoms with Crippen molar-refractivity contribution in [3.63, 3.8) is 0 Å². The number of hydrogen-bond donors (Lipinski definition) is 1. The van der Waals surface area contributed by atoms with Gasteiger partial charge in [0.25, 0.3) is 0 Å². The quantitative estimate of drug-likeness (QED) is 0.908. The molecule has 6 heteroatoms. The van der Waals surface area contributed by atoms with Gasteiger partial charge in [0, 0.05) is 5.92 Å². The molecular weight excluding hydrogens is 310 g/mol. The summed E-state index contributed by atoms with van der Waals surface area (Å²) in [7, 11) is -2.89. The van der Waals surface area contributed by atoms with Gasteiger partial charge in [-0.25, -0.2) is 8.42 Å². The van der Waals surface area contributed by atoms with Crippen LogP contribution in [0.25, 0.3) is 0 Å². The van der Waals surface area contributed by atoms with Crippen molar-refractivity contribution in [2.45, 2.75) is 26.2 Å². The van der Waals surface area contributed by atoms with E-state index in [1.165, 1.54) is 0 Å². The molecule has 1 aliphatic carbocycles. The Morgan fingerprint density at radius 2 is 2.00 bits per heavy atom. The van der Waals surface area contributed by atoms with E-state index in [0.717, 1.165) is 12.0 Å². The minimum atomic E-state index is -2.89. The number of benzene rings is 1. The molecule has 2 aliphatic rings. The molecule has 1 amide bonds. The molecule has 1 aromatic carbocycles. The lowest BCUT2D eigenvalue weighted by molar-refractivity contribution is -0.118. The van der Waals surface area contributed by atoms with Crippen molar-refractivity contribution in [3.8, 4) is 0 Å². The van der Waals surface area contributed by atoms with E-state index in [1.54, 1.807) is 6.07 Å². The highest BCUT2D eigenvalue weighted by molar-refractivity contribution is 7.91. The molecular formula is C15H18ClNO3S. The standard InChI is InChI=1S/C15H18ClNO3S/c1-10-2-3-13(12(16)8-10)17-14(18)11-9-15(11)4-6-21(19,20)7-5-15/h2-3,8,11H,4-7,9H2,1H3,(H,17,18)/t11-/m1/s1. The van der Waals surface area contributed by atoms with E-state index in [-0.39, 0.29) is 28.7 Å². The van der Waals surface area contributed by atoms with Crippen LogP contribution >= 0.6 is 11.6 Å². The molecule has 3 rings (SSSR count). The van der Waals surface area contributed by atoms with E-state index < -0.39 is 9.84 Å². The number of halogens is 1. The number of carbonyl (C=O) groups excluding carboxylic acids is 1. The first-order valence-electron chi connectivity index (χ1n) is 7.09. The van der Waals surface area contributed by atoms with Gasteiger partial charge in [-0.05, 0) is 49.3 Å². The van der Waals surface area contributed by atoms with Crippen LogP contribution in [0.5, 0.6) is 0 Å². The van der Waals surface area contributed by atoms with E-state index in [4.69, 9.17) is 11.6 Å². The van der Waals surface area contributed by atoms with Gasteiger partial charge < -0.3 is 5.32 Å². The summed E-state index contributed by atoms with van der Waals surface area (Å²) < 4.78 is 23.0. The van der Waals surface area contributed by atoms with Crippen LogP contribution < -0.4 is 5.32 Å². The molecule has 21 heavy (non-hydrogen) atoms. The van der Waals surface area contributed by atoms with Crippen LogP contribution in [0.15, 0.2) is 18.2 Å². The predicted octanol–water partition coefficient (Wildman–Crippen LogP) is 2.80. The maximum absolute atomic E-state index is 12.3. The van der Waals surface area contributed by atoms with Crippen LogP contribution in [0.1, 0.15) is 24.8 Å². The third-order valence-corrected chi connectivity index (χ3v) is 6.68. The van der Waals surface area contributed by atoms with E-state index in [2.05, 4.69) is 5.32 Å². The highest BCUT2D eigenvalue weighted by Crippen LogP contribution is 2.60. The second-order valence-corrected chi connectivity index (χ2v) is 8.95. The summed E-state index contributed by atoms with van der Waals surface area (Å²) in [6, 6.07) is 5.51. The van der Waals surface area contributed by atoms with Gasteiger partial charge in [-0.3, -0.25) is 4.79 Å². The van der Waals surface area contributed by atoms with Gasteiger partial charge in [0.15, 0.2) is 0 Å². The molecule has 1 heterocycles. The van der Waals surface area contributed by atoms with E-state index in [0.29, 0.717) is 23.6 Å². The molecule has 2 fully saturated rings. The maximum Gasteiger partial charge on any atom is 0.228 e. The fourth-order valence-electron chi connectivity index (χ4n) is 3.16. The molecule has 0 aromatic heterocycles. The van der Waals surface area contributed by atoms with Crippen molar-refractivity contribution >= 4 is 33.0 Å². The number of anilines is 1. The summed E-state index contributed by atoms with van der Waals surface area (Å²) in [6.45, 7) is 1.94. The minimum Gasteiger partial charge on any atom is -0.325 e. The zero-order valence-electron chi connectivity index (χ0n) is 11.9. The number of carbonyl (C=O) groups is 1. The number of rotatable bonds is 2. The Hall–Kier alpha value is -1.07. The van der Waals surface area contributed by atoms with Crippen LogP contribution in [0.2, 0.25) is 5.02 Å². The Balaban J connectivity index is 1.66. The van der Waals surface area contributed by atoms with Gasteiger partial charge in [0.1, 0.15) is 9.84 Å². The van der Waals surface area contributed by atoms with Crippen LogP contribution in [-0.4, -0.2) is 25.8 Å². The Morgan fingerprint density at radius 1 is 1.33 bits per heavy atom. The van der Waals surface area contributed by atoms with Gasteiger partial charge >= 0.3 is 0 Å². The van der Waals surface area contributed by atoms with Crippen LogP contribution in [0, 0.1) is 18.3 Å². The Labute approximate surface area is 129 Å². The molecule has 1 aromatic rings. The van der Waals surface area contributed by atoms with Gasteiger partial charge in [0.05, 0.1) is 22.2 Å². The Bertz CT molecular complexity index is 685. The highest BCUT2D eigenvalue weighted by Gasteiger charge is 2.59. The number of amides is 1. The van der Waals surface area contributed by atoms with Gasteiger partial charge in [-0.15, -0.1) is 0 Å². The lowest BCUT2D eigenvalue weighted by Gasteiger charge is -2.22. The molecule has 1 saturated heterocycles. The number of sulfone groups is 1. The molecule has 1 aliphatic heterocycles. The third-order valence-electron chi connectivity index (χ3n) is 4.71. The lowest BCUT2D eigenvalue weighted by atomic mass is 9.96. The predicted molar refractivity (Wildman–Crippen MR) is 83.2 cm³/mol. The Morgan fingerprint density at radius 3 is 2.62 bits per heavy atom. The number of aryl methyl sites for hydroxylation is 1. The number of hydrogen-bond acceptors (Lipinski definition) is 3. The average molecular weight is 328 g/mol. The summed E-state index contributed by atoms with van der Waals surface area (Å²) in [4.78, 5) is 12.3. The SMILES string of the molecule is Cc1ccc(NC(=O)[C@H]2CC23CCS(=O)(=O)CC3)c(Cl)c1. The van der Waals surface area contributed by atoms with Crippen molar-refractivity contribution < 1.29 is 13.2 Å².